The minimum absolute atomic E-state index is 0.0971. The van der Waals surface area contributed by atoms with Crippen molar-refractivity contribution in [2.45, 2.75) is 85.4 Å². The second-order valence-electron chi connectivity index (χ2n) is 18.0. The average molecular weight is 806 g/mol. The van der Waals surface area contributed by atoms with Crippen molar-refractivity contribution in [1.82, 2.24) is 20.9 Å². The van der Waals surface area contributed by atoms with Crippen molar-refractivity contribution in [3.8, 4) is 11.8 Å². The third-order valence-electron chi connectivity index (χ3n) is 13.1. The number of imide groups is 1. The number of nitriles is 1. The van der Waals surface area contributed by atoms with Gasteiger partial charge in [0.2, 0.25) is 11.8 Å². The van der Waals surface area contributed by atoms with Crippen LogP contribution in [-0.2, 0) is 9.59 Å². The number of hydrogen-bond donors (Lipinski definition) is 3. The van der Waals surface area contributed by atoms with E-state index in [1.807, 2.05) is 50.2 Å². The van der Waals surface area contributed by atoms with Crippen molar-refractivity contribution in [3.05, 3.63) is 88.2 Å². The van der Waals surface area contributed by atoms with E-state index in [1.165, 1.54) is 6.07 Å². The molecule has 1 aliphatic carbocycles. The minimum atomic E-state index is -0.871. The average Bonchev–Trinajstić information content (AvgIpc) is 3.20. The molecule has 312 valence electrons. The third-order valence-corrected chi connectivity index (χ3v) is 13.1. The summed E-state index contributed by atoms with van der Waals surface area (Å²) in [5.41, 5.74) is 4.21. The molecule has 13 heteroatoms. The van der Waals surface area contributed by atoms with Crippen LogP contribution in [0.4, 0.5) is 15.8 Å². The van der Waals surface area contributed by atoms with Gasteiger partial charge in [0, 0.05) is 86.0 Å². The number of hydrogen-bond acceptors (Lipinski definition) is 9. The maximum Gasteiger partial charge on any atom is 0.254 e. The van der Waals surface area contributed by atoms with Gasteiger partial charge in [0.05, 0.1) is 17.2 Å². The van der Waals surface area contributed by atoms with Gasteiger partial charge >= 0.3 is 0 Å². The summed E-state index contributed by atoms with van der Waals surface area (Å²) >= 11 is 0. The van der Waals surface area contributed by atoms with Crippen molar-refractivity contribution in [2.75, 3.05) is 55.6 Å². The molecule has 0 radical (unpaired) electrons. The molecule has 4 fully saturated rings. The van der Waals surface area contributed by atoms with Crippen LogP contribution in [0.15, 0.2) is 54.6 Å². The van der Waals surface area contributed by atoms with Crippen LogP contribution < -0.4 is 30.5 Å². The molecule has 0 bridgehead atoms. The molecule has 0 aromatic heterocycles. The van der Waals surface area contributed by atoms with E-state index in [1.54, 1.807) is 12.1 Å². The molecule has 0 spiro atoms. The molecule has 3 aromatic rings. The van der Waals surface area contributed by atoms with Gasteiger partial charge in [-0.2, -0.15) is 5.26 Å². The first-order valence-electron chi connectivity index (χ1n) is 20.8. The predicted molar refractivity (Wildman–Crippen MR) is 224 cm³/mol. The molecule has 3 heterocycles. The topological polar surface area (TPSA) is 147 Å². The van der Waals surface area contributed by atoms with Crippen LogP contribution in [0.25, 0.3) is 0 Å². The van der Waals surface area contributed by atoms with E-state index in [4.69, 9.17) is 4.74 Å². The Hall–Kier alpha value is -5.48. The van der Waals surface area contributed by atoms with Gasteiger partial charge < -0.3 is 25.2 Å². The fraction of sp³-hybridized carbons (Fsp3) is 0.500. The van der Waals surface area contributed by atoms with Crippen molar-refractivity contribution in [3.63, 3.8) is 0 Å². The zero-order valence-corrected chi connectivity index (χ0v) is 35.0. The molecule has 1 unspecified atom stereocenters. The Bertz CT molecular complexity index is 2110. The van der Waals surface area contributed by atoms with Gasteiger partial charge in [-0.25, -0.2) is 4.39 Å². The van der Waals surface area contributed by atoms with Crippen molar-refractivity contribution < 1.29 is 28.3 Å². The smallest absolute Gasteiger partial charge is 0.254 e. The summed E-state index contributed by atoms with van der Waals surface area (Å²) in [5.74, 6) is -1.06. The highest BCUT2D eigenvalue weighted by atomic mass is 19.1. The number of nitrogens with zero attached hydrogens (tertiary/aromatic N) is 4. The van der Waals surface area contributed by atoms with E-state index in [9.17, 15) is 28.8 Å². The zero-order valence-electron chi connectivity index (χ0n) is 35.0. The normalized spacial score (nSPS) is 23.1. The van der Waals surface area contributed by atoms with Crippen LogP contribution in [0.5, 0.6) is 5.75 Å². The van der Waals surface area contributed by atoms with E-state index in [2.05, 4.69) is 64.4 Å². The van der Waals surface area contributed by atoms with Gasteiger partial charge in [-0.3, -0.25) is 29.4 Å². The Morgan fingerprint density at radius 2 is 1.44 bits per heavy atom. The predicted octanol–water partition coefficient (Wildman–Crippen LogP) is 5.50. The Morgan fingerprint density at radius 1 is 0.831 bits per heavy atom. The molecule has 59 heavy (non-hydrogen) atoms. The maximum atomic E-state index is 14.7. The standard InChI is InChI=1S/C46H56FN7O5/c1-28-23-34(24-29(2)36(28)26-48)59-44-45(3,4)43(46(44,5)6)51-40(56)31-7-9-32(10-8-31)53-17-15-30(16-18-53)27-52-19-21-54(22-20-52)33-11-12-37(47)35(25-33)41(57)49-38-13-14-39(55)50-42(38)58/h7-12,23-25,30,38,43-44H,13-22,27H2,1-6H3,(H,49,57)(H,51,56)(H,50,55,58). The molecule has 12 nitrogen and oxygen atoms in total. The van der Waals surface area contributed by atoms with Gasteiger partial charge in [-0.05, 0) is 105 Å². The molecule has 1 atom stereocenters. The van der Waals surface area contributed by atoms with Gasteiger partial charge in [-0.15, -0.1) is 0 Å². The van der Waals surface area contributed by atoms with Crippen LogP contribution >= 0.6 is 0 Å². The Morgan fingerprint density at radius 3 is 2.05 bits per heavy atom. The third kappa shape index (κ3) is 8.65. The Kier molecular flexibility index (Phi) is 11.8. The quantitative estimate of drug-likeness (QED) is 0.226. The molecule has 7 rings (SSSR count). The number of ether oxygens (including phenoxy) is 1. The van der Waals surface area contributed by atoms with E-state index >= 15 is 0 Å². The Labute approximate surface area is 346 Å². The fourth-order valence-electron chi connectivity index (χ4n) is 10.0. The lowest BCUT2D eigenvalue weighted by molar-refractivity contribution is -0.164. The molecule has 3 aliphatic heterocycles. The number of rotatable bonds is 10. The lowest BCUT2D eigenvalue weighted by Crippen LogP contribution is -2.74. The monoisotopic (exact) mass is 805 g/mol. The van der Waals surface area contributed by atoms with E-state index in [-0.39, 0.29) is 53.2 Å². The van der Waals surface area contributed by atoms with E-state index in [0.29, 0.717) is 17.0 Å². The summed E-state index contributed by atoms with van der Waals surface area (Å²) in [5, 5.41) is 17.6. The van der Waals surface area contributed by atoms with Crippen molar-refractivity contribution >= 4 is 35.0 Å². The number of piperidine rings is 2. The lowest BCUT2D eigenvalue weighted by atomic mass is 9.49. The molecule has 3 saturated heterocycles. The summed E-state index contributed by atoms with van der Waals surface area (Å²) in [4.78, 5) is 57.1. The van der Waals surface area contributed by atoms with Gasteiger partial charge in [0.1, 0.15) is 23.7 Å². The number of amides is 4. The molecule has 3 N–H and O–H groups in total. The van der Waals surface area contributed by atoms with Gasteiger partial charge in [-0.1, -0.05) is 27.7 Å². The number of carbonyl (C=O) groups is 4. The number of piperazine rings is 1. The first-order valence-corrected chi connectivity index (χ1v) is 20.8. The molecule has 3 aromatic carbocycles. The van der Waals surface area contributed by atoms with E-state index < -0.39 is 23.7 Å². The van der Waals surface area contributed by atoms with Gasteiger partial charge in [0.25, 0.3) is 11.8 Å². The van der Waals surface area contributed by atoms with Crippen LogP contribution in [0, 0.1) is 47.7 Å². The summed E-state index contributed by atoms with van der Waals surface area (Å²) in [7, 11) is 0. The molecule has 1 saturated carbocycles. The number of aryl methyl sites for hydroxylation is 2. The summed E-state index contributed by atoms with van der Waals surface area (Å²) in [6.45, 7) is 18.5. The van der Waals surface area contributed by atoms with Crippen molar-refractivity contribution in [2.24, 2.45) is 16.7 Å². The second-order valence-corrected chi connectivity index (χ2v) is 18.0. The number of carbonyl (C=O) groups excluding carboxylic acids is 4. The van der Waals surface area contributed by atoms with Crippen LogP contribution in [0.3, 0.4) is 0 Å². The summed E-state index contributed by atoms with van der Waals surface area (Å²) in [6.07, 6.45) is 2.32. The second kappa shape index (κ2) is 16.6. The zero-order chi connectivity index (χ0) is 42.2. The SMILES string of the molecule is Cc1cc(OC2C(C)(C)C(NC(=O)c3ccc(N4CCC(CN5CCN(c6ccc(F)c(C(=O)NC7CCC(=O)NC7=O)c6)CC5)CC4)cc3)C2(C)C)cc(C)c1C#N. The van der Waals surface area contributed by atoms with Crippen LogP contribution in [-0.4, -0.2) is 92.5 Å². The van der Waals surface area contributed by atoms with Gasteiger partial charge in [0.15, 0.2) is 0 Å². The molecule has 4 amide bonds. The minimum Gasteiger partial charge on any atom is -0.489 e. The van der Waals surface area contributed by atoms with Crippen LogP contribution in [0.1, 0.15) is 90.8 Å². The number of anilines is 2. The highest BCUT2D eigenvalue weighted by Crippen LogP contribution is 2.55. The fourth-order valence-corrected chi connectivity index (χ4v) is 10.0. The summed E-state index contributed by atoms with van der Waals surface area (Å²) < 4.78 is 21.3. The first kappa shape index (κ1) is 41.7. The Balaban J connectivity index is 0.857. The largest absolute Gasteiger partial charge is 0.489 e. The molecular formula is C46H56FN7O5. The highest BCUT2D eigenvalue weighted by molar-refractivity contribution is 6.04. The first-order chi connectivity index (χ1) is 28.0. The molecule has 4 aliphatic rings. The number of nitrogens with one attached hydrogen (secondary N) is 3. The highest BCUT2D eigenvalue weighted by Gasteiger charge is 2.64. The number of halogens is 1. The van der Waals surface area contributed by atoms with Crippen molar-refractivity contribution in [1.29, 1.82) is 5.26 Å². The number of benzene rings is 3. The van der Waals surface area contributed by atoms with Crippen LogP contribution in [0.2, 0.25) is 0 Å². The maximum absolute atomic E-state index is 14.7. The molecular weight excluding hydrogens is 750 g/mol. The van der Waals surface area contributed by atoms with E-state index in [0.717, 1.165) is 86.9 Å². The lowest BCUT2D eigenvalue weighted by Gasteiger charge is -2.63. The summed E-state index contributed by atoms with van der Waals surface area (Å²) in [6, 6.07) is 17.6.